The molecule has 1 aromatic carbocycles. The van der Waals surface area contributed by atoms with E-state index in [0.29, 0.717) is 11.0 Å². The molecule has 2 aromatic heterocycles. The first-order chi connectivity index (χ1) is 18.9. The van der Waals surface area contributed by atoms with E-state index < -0.39 is 26.6 Å². The normalized spacial score (nSPS) is 19.7. The second kappa shape index (κ2) is 9.50. The lowest BCUT2D eigenvalue weighted by molar-refractivity contribution is 0.0691. The summed E-state index contributed by atoms with van der Waals surface area (Å²) in [6.45, 7) is 0. The van der Waals surface area contributed by atoms with Gasteiger partial charge in [-0.1, -0.05) is 18.2 Å². The topological polar surface area (TPSA) is 111 Å². The Morgan fingerprint density at radius 1 is 1.08 bits per heavy atom. The summed E-state index contributed by atoms with van der Waals surface area (Å²) in [5.74, 6) is 0.172. The van der Waals surface area contributed by atoms with Gasteiger partial charge < -0.3 is 23.5 Å². The number of fused-ring (bicyclic) bond motifs is 1. The van der Waals surface area contributed by atoms with Gasteiger partial charge in [0, 0.05) is 33.8 Å². The molecular weight excluding hydrogens is 607 g/mol. The van der Waals surface area contributed by atoms with Crippen LogP contribution in [0.3, 0.4) is 0 Å². The van der Waals surface area contributed by atoms with E-state index in [1.165, 1.54) is 0 Å². The quantitative estimate of drug-likeness (QED) is 0.290. The van der Waals surface area contributed by atoms with Crippen LogP contribution in [0.25, 0.3) is 22.3 Å². The van der Waals surface area contributed by atoms with Crippen LogP contribution >= 0.6 is 21.0 Å². The van der Waals surface area contributed by atoms with Crippen molar-refractivity contribution in [3.63, 3.8) is 0 Å². The smallest absolute Gasteiger partial charge is 0.257 e. The first-order valence-electron chi connectivity index (χ1n) is 13.4. The van der Waals surface area contributed by atoms with Crippen molar-refractivity contribution in [3.8, 4) is 5.69 Å². The van der Waals surface area contributed by atoms with E-state index in [0.717, 1.165) is 62.1 Å². The van der Waals surface area contributed by atoms with Crippen molar-refractivity contribution in [2.45, 2.75) is 50.2 Å². The van der Waals surface area contributed by atoms with Crippen molar-refractivity contribution in [2.24, 2.45) is 11.8 Å². The minimum Gasteiger partial charge on any atom is -0.750 e. The number of hydrogen-bond donors (Lipinski definition) is 2. The summed E-state index contributed by atoms with van der Waals surface area (Å²) in [5, 5.41) is 27.9. The SMILES string of the molecule is O=C(NC1CC1)c1cn(-c2cccc(C3=CN([O-])I=C(C(O)(C4CC4)C4CC4)C=C3)c2)c2ncccc2c1=O. The molecule has 1 amide bonds. The highest BCUT2D eigenvalue weighted by Crippen LogP contribution is 2.54. The molecule has 8 nitrogen and oxygen atoms in total. The molecule has 0 bridgehead atoms. The Hall–Kier alpha value is -3.15. The number of hydrogen-bond acceptors (Lipinski definition) is 6. The molecule has 3 aromatic rings. The molecule has 7 rings (SSSR count). The fraction of sp³-hybridized carbons (Fsp3) is 0.333. The minimum absolute atomic E-state index is 0.0792. The number of rotatable bonds is 7. The molecular formula is C30H28IN4O4-. The predicted octanol–water partition coefficient (Wildman–Crippen LogP) is 4.60. The third kappa shape index (κ3) is 4.66. The average molecular weight is 635 g/mol. The molecule has 3 heterocycles. The van der Waals surface area contributed by atoms with E-state index >= 15 is 0 Å². The van der Waals surface area contributed by atoms with Gasteiger partial charge in [0.15, 0.2) is 0 Å². The lowest BCUT2D eigenvalue weighted by Crippen LogP contribution is -2.41. The Kier molecular flexibility index (Phi) is 6.05. The maximum atomic E-state index is 13.2. The van der Waals surface area contributed by atoms with Crippen LogP contribution in [-0.2, 0) is 0 Å². The van der Waals surface area contributed by atoms with Crippen molar-refractivity contribution in [2.75, 3.05) is 0 Å². The Morgan fingerprint density at radius 2 is 1.85 bits per heavy atom. The number of hydroxylamine groups is 1. The zero-order valence-electron chi connectivity index (χ0n) is 21.2. The van der Waals surface area contributed by atoms with E-state index in [4.69, 9.17) is 0 Å². The number of pyridine rings is 2. The van der Waals surface area contributed by atoms with Gasteiger partial charge >= 0.3 is 0 Å². The third-order valence-electron chi connectivity index (χ3n) is 7.98. The Morgan fingerprint density at radius 3 is 2.56 bits per heavy atom. The number of nitrogens with one attached hydrogen (secondary N) is 1. The number of aliphatic hydroxyl groups is 1. The second-order valence-electron chi connectivity index (χ2n) is 10.9. The second-order valence-corrected chi connectivity index (χ2v) is 13.5. The van der Waals surface area contributed by atoms with Gasteiger partial charge in [-0.2, -0.15) is 0 Å². The summed E-state index contributed by atoms with van der Waals surface area (Å²) in [5.41, 5.74) is 1.65. The van der Waals surface area contributed by atoms with E-state index in [1.54, 1.807) is 35.3 Å². The molecule has 0 atom stereocenters. The van der Waals surface area contributed by atoms with Crippen molar-refractivity contribution in [1.29, 1.82) is 0 Å². The summed E-state index contributed by atoms with van der Waals surface area (Å²) in [7, 11) is 0. The lowest BCUT2D eigenvalue weighted by atomic mass is 9.87. The first-order valence-corrected chi connectivity index (χ1v) is 15.5. The zero-order chi connectivity index (χ0) is 26.7. The van der Waals surface area contributed by atoms with E-state index in [2.05, 4.69) is 10.3 Å². The van der Waals surface area contributed by atoms with Crippen molar-refractivity contribution in [3.05, 3.63) is 93.7 Å². The van der Waals surface area contributed by atoms with Crippen LogP contribution in [0.2, 0.25) is 0 Å². The van der Waals surface area contributed by atoms with Crippen LogP contribution in [0.5, 0.6) is 0 Å². The van der Waals surface area contributed by atoms with Crippen LogP contribution in [0.4, 0.5) is 0 Å². The van der Waals surface area contributed by atoms with Gasteiger partial charge in [-0.25, -0.2) is 4.98 Å². The molecule has 9 heteroatoms. The molecule has 1 aliphatic heterocycles. The maximum absolute atomic E-state index is 13.2. The number of carbonyl (C=O) groups is 1. The van der Waals surface area contributed by atoms with Crippen LogP contribution in [0.15, 0.2) is 71.9 Å². The van der Waals surface area contributed by atoms with Gasteiger partial charge in [0.1, 0.15) is 16.8 Å². The van der Waals surface area contributed by atoms with Crippen LogP contribution in [0, 0.1) is 17.0 Å². The zero-order valence-corrected chi connectivity index (χ0v) is 23.4. The number of halogens is 1. The number of aromatic nitrogens is 2. The highest BCUT2D eigenvalue weighted by atomic mass is 127. The molecule has 2 N–H and O–H groups in total. The fourth-order valence-corrected chi connectivity index (χ4v) is 8.00. The summed E-state index contributed by atoms with van der Waals surface area (Å²) >= 11 is -1.05. The first kappa shape index (κ1) is 24.9. The lowest BCUT2D eigenvalue weighted by Gasteiger charge is -2.31. The maximum Gasteiger partial charge on any atom is 0.257 e. The number of benzene rings is 1. The van der Waals surface area contributed by atoms with Crippen LogP contribution in [-0.4, -0.2) is 39.0 Å². The molecule has 0 radical (unpaired) electrons. The van der Waals surface area contributed by atoms with E-state index in [-0.39, 0.29) is 34.8 Å². The molecule has 0 spiro atoms. The molecule has 3 saturated carbocycles. The highest BCUT2D eigenvalue weighted by molar-refractivity contribution is 14.2. The molecule has 39 heavy (non-hydrogen) atoms. The number of allylic oxidation sites excluding steroid dienone is 2. The molecule has 4 aliphatic rings. The average Bonchev–Trinajstić information content (AvgIpc) is 3.78. The highest BCUT2D eigenvalue weighted by Gasteiger charge is 2.55. The van der Waals surface area contributed by atoms with Gasteiger partial charge in [-0.3, -0.25) is 9.59 Å². The van der Waals surface area contributed by atoms with Gasteiger partial charge in [0.05, 0.1) is 5.39 Å². The summed E-state index contributed by atoms with van der Waals surface area (Å²) in [6, 6.07) is 11.2. The van der Waals surface area contributed by atoms with Crippen molar-refractivity contribution < 1.29 is 9.90 Å². The number of nitrogens with zero attached hydrogens (tertiary/aromatic N) is 3. The van der Waals surface area contributed by atoms with Gasteiger partial charge in [0.2, 0.25) is 5.43 Å². The Bertz CT molecular complexity index is 1630. The molecule has 0 saturated heterocycles. The Labute approximate surface area is 235 Å². The summed E-state index contributed by atoms with van der Waals surface area (Å²) in [6.07, 6.45) is 14.7. The fourth-order valence-electron chi connectivity index (χ4n) is 5.44. The largest absolute Gasteiger partial charge is 0.750 e. The standard InChI is InChI=1S/C30H28IN4O4/c36-27-24-5-2-14-32-28(24)34(17-25(27)29(37)33-22-11-12-22)23-4-1-3-18(15-23)19-6-13-26(31-35(39)16-19)30(38,20-7-8-20)21-9-10-21/h1-6,13-17,20-22,38H,7-12H2,(H,33,37)/q-1. The van der Waals surface area contributed by atoms with Crippen molar-refractivity contribution >= 4 is 47.0 Å². The van der Waals surface area contributed by atoms with E-state index in [1.807, 2.05) is 36.4 Å². The minimum atomic E-state index is -1.05. The summed E-state index contributed by atoms with van der Waals surface area (Å²) < 4.78 is 3.69. The van der Waals surface area contributed by atoms with Gasteiger partial charge in [-0.05, 0) is 113 Å². The monoisotopic (exact) mass is 635 g/mol. The summed E-state index contributed by atoms with van der Waals surface area (Å²) in [4.78, 5) is 30.6. The van der Waals surface area contributed by atoms with Crippen LogP contribution in [0.1, 0.15) is 54.4 Å². The molecule has 0 unspecified atom stereocenters. The number of amides is 1. The third-order valence-corrected chi connectivity index (χ3v) is 10.5. The van der Waals surface area contributed by atoms with Gasteiger partial charge in [-0.15, -0.1) is 0 Å². The van der Waals surface area contributed by atoms with E-state index in [9.17, 15) is 19.9 Å². The van der Waals surface area contributed by atoms with Crippen LogP contribution < -0.4 is 10.7 Å². The molecule has 200 valence electrons. The molecule has 3 aliphatic carbocycles. The predicted molar refractivity (Wildman–Crippen MR) is 160 cm³/mol. The Balaban J connectivity index is 1.27. The number of carbonyl (C=O) groups excluding carboxylic acids is 1. The van der Waals surface area contributed by atoms with Crippen molar-refractivity contribution in [1.82, 2.24) is 18.1 Å². The van der Waals surface area contributed by atoms with Gasteiger partial charge in [0.25, 0.3) is 5.91 Å². The molecule has 3 fully saturated rings.